The van der Waals surface area contributed by atoms with E-state index in [1.54, 1.807) is 6.20 Å². The van der Waals surface area contributed by atoms with Gasteiger partial charge in [0.15, 0.2) is 0 Å². The third kappa shape index (κ3) is 1.77. The molecule has 0 fully saturated rings. The fourth-order valence-electron chi connectivity index (χ4n) is 1.74. The lowest BCUT2D eigenvalue weighted by molar-refractivity contribution is 0.585. The van der Waals surface area contributed by atoms with E-state index in [-0.39, 0.29) is 0 Å². The maximum atomic E-state index is 5.67. The van der Waals surface area contributed by atoms with Gasteiger partial charge in [0, 0.05) is 6.04 Å². The van der Waals surface area contributed by atoms with Crippen LogP contribution in [0.3, 0.4) is 0 Å². The molecule has 0 saturated heterocycles. The first-order valence-electron chi connectivity index (χ1n) is 4.86. The van der Waals surface area contributed by atoms with Gasteiger partial charge in [-0.2, -0.15) is 0 Å². The molecule has 0 aliphatic heterocycles. The van der Waals surface area contributed by atoms with Crippen molar-refractivity contribution in [3.05, 3.63) is 22.7 Å². The van der Waals surface area contributed by atoms with Gasteiger partial charge in [-0.3, -0.25) is 0 Å². The lowest BCUT2D eigenvalue weighted by Crippen LogP contribution is -2.10. The van der Waals surface area contributed by atoms with Crippen LogP contribution in [0.5, 0.6) is 0 Å². The van der Waals surface area contributed by atoms with Crippen molar-refractivity contribution in [3.8, 4) is 0 Å². The number of hydrogen-bond donors (Lipinski definition) is 1. The number of nitrogens with two attached hydrogens (primary N) is 1. The van der Waals surface area contributed by atoms with Gasteiger partial charge in [-0.15, -0.1) is 0 Å². The summed E-state index contributed by atoms with van der Waals surface area (Å²) in [6.07, 6.45) is 1.76. The van der Waals surface area contributed by atoms with Crippen LogP contribution >= 0.6 is 15.9 Å². The Morgan fingerprint density at radius 3 is 2.87 bits per heavy atom. The molecule has 0 aliphatic carbocycles. The van der Waals surface area contributed by atoms with E-state index in [2.05, 4.69) is 44.3 Å². The smallest absolute Gasteiger partial charge is 0.123 e. The minimum atomic E-state index is 0.350. The van der Waals surface area contributed by atoms with Crippen molar-refractivity contribution in [2.24, 2.45) is 5.73 Å². The van der Waals surface area contributed by atoms with Gasteiger partial charge in [-0.25, -0.2) is 9.97 Å². The highest BCUT2D eigenvalue weighted by atomic mass is 79.9. The molecule has 15 heavy (non-hydrogen) atoms. The second-order valence-electron chi connectivity index (χ2n) is 3.69. The van der Waals surface area contributed by atoms with Crippen LogP contribution in [0.4, 0.5) is 0 Å². The third-order valence-corrected chi connectivity index (χ3v) is 2.75. The van der Waals surface area contributed by atoms with E-state index < -0.39 is 0 Å². The number of pyridine rings is 1. The Kier molecular flexibility index (Phi) is 2.75. The second kappa shape index (κ2) is 3.90. The average Bonchev–Trinajstić information content (AvgIpc) is 2.55. The van der Waals surface area contributed by atoms with Gasteiger partial charge in [0.1, 0.15) is 15.9 Å². The van der Waals surface area contributed by atoms with Gasteiger partial charge in [0.25, 0.3) is 0 Å². The zero-order valence-corrected chi connectivity index (χ0v) is 10.3. The zero-order valence-electron chi connectivity index (χ0n) is 8.74. The van der Waals surface area contributed by atoms with Crippen molar-refractivity contribution in [1.82, 2.24) is 14.5 Å². The highest BCUT2D eigenvalue weighted by Gasteiger charge is 2.12. The summed E-state index contributed by atoms with van der Waals surface area (Å²) in [7, 11) is 0. The molecule has 2 aromatic heterocycles. The number of hydrogen-bond acceptors (Lipinski definition) is 3. The highest BCUT2D eigenvalue weighted by Crippen LogP contribution is 2.22. The van der Waals surface area contributed by atoms with E-state index in [0.717, 1.165) is 21.5 Å². The molecular weight excluding hydrogens is 256 g/mol. The van der Waals surface area contributed by atoms with E-state index in [4.69, 9.17) is 5.73 Å². The number of nitrogens with zero attached hydrogens (tertiary/aromatic N) is 3. The van der Waals surface area contributed by atoms with Crippen LogP contribution in [-0.2, 0) is 6.54 Å². The molecule has 2 N–H and O–H groups in total. The van der Waals surface area contributed by atoms with Crippen molar-refractivity contribution in [1.29, 1.82) is 0 Å². The summed E-state index contributed by atoms with van der Waals surface area (Å²) >= 11 is 3.36. The second-order valence-corrected chi connectivity index (χ2v) is 4.50. The lowest BCUT2D eigenvalue weighted by atomic mass is 10.3. The molecule has 0 atom stereocenters. The predicted octanol–water partition coefficient (Wildman–Crippen LogP) is 2.23. The lowest BCUT2D eigenvalue weighted by Gasteiger charge is -2.11. The van der Waals surface area contributed by atoms with Crippen molar-refractivity contribution >= 4 is 27.0 Å². The number of rotatable bonds is 2. The van der Waals surface area contributed by atoms with Gasteiger partial charge in [-0.1, -0.05) is 0 Å². The average molecular weight is 269 g/mol. The van der Waals surface area contributed by atoms with Crippen LogP contribution in [0.1, 0.15) is 25.7 Å². The fraction of sp³-hybridized carbons (Fsp3) is 0.400. The molecule has 5 heteroatoms. The first kappa shape index (κ1) is 10.6. The van der Waals surface area contributed by atoms with Gasteiger partial charge in [0.2, 0.25) is 0 Å². The van der Waals surface area contributed by atoms with Gasteiger partial charge < -0.3 is 10.3 Å². The molecular formula is C10H13BrN4. The number of fused-ring (bicyclic) bond motifs is 1. The molecule has 0 aliphatic rings. The Labute approximate surface area is 96.6 Å². The van der Waals surface area contributed by atoms with Crippen LogP contribution in [0, 0.1) is 0 Å². The third-order valence-electron chi connectivity index (χ3n) is 2.31. The van der Waals surface area contributed by atoms with Crippen LogP contribution in [0.15, 0.2) is 16.9 Å². The van der Waals surface area contributed by atoms with E-state index >= 15 is 0 Å². The van der Waals surface area contributed by atoms with E-state index in [0.29, 0.717) is 12.6 Å². The normalized spacial score (nSPS) is 11.5. The van der Waals surface area contributed by atoms with Crippen LogP contribution in [0.25, 0.3) is 11.0 Å². The molecule has 0 spiro atoms. The Balaban J connectivity index is 2.76. The summed E-state index contributed by atoms with van der Waals surface area (Å²) in [4.78, 5) is 8.60. The minimum absolute atomic E-state index is 0.350. The predicted molar refractivity (Wildman–Crippen MR) is 63.5 cm³/mol. The summed E-state index contributed by atoms with van der Waals surface area (Å²) in [5.74, 6) is 0.903. The number of imidazole rings is 1. The molecule has 4 nitrogen and oxygen atoms in total. The molecule has 0 saturated carbocycles. The Hall–Kier alpha value is -0.940. The topological polar surface area (TPSA) is 56.7 Å². The summed E-state index contributed by atoms with van der Waals surface area (Å²) in [6.45, 7) is 4.69. The molecule has 0 bridgehead atoms. The fourth-order valence-corrected chi connectivity index (χ4v) is 2.06. The van der Waals surface area contributed by atoms with Crippen molar-refractivity contribution in [3.63, 3.8) is 0 Å². The van der Waals surface area contributed by atoms with Crippen molar-refractivity contribution in [2.45, 2.75) is 26.4 Å². The molecule has 0 unspecified atom stereocenters. The van der Waals surface area contributed by atoms with Crippen LogP contribution < -0.4 is 5.73 Å². The molecule has 2 heterocycles. The monoisotopic (exact) mass is 268 g/mol. The maximum absolute atomic E-state index is 5.67. The van der Waals surface area contributed by atoms with E-state index in [1.807, 2.05) is 6.07 Å². The largest absolute Gasteiger partial charge is 0.324 e. The molecule has 2 rings (SSSR count). The van der Waals surface area contributed by atoms with Crippen LogP contribution in [-0.4, -0.2) is 14.5 Å². The zero-order chi connectivity index (χ0) is 11.0. The molecule has 80 valence electrons. The Bertz CT molecular complexity index is 489. The number of halogens is 1. The summed E-state index contributed by atoms with van der Waals surface area (Å²) < 4.78 is 2.96. The molecule has 2 aromatic rings. The number of aromatic nitrogens is 3. The molecule has 0 amide bonds. The van der Waals surface area contributed by atoms with E-state index in [9.17, 15) is 0 Å². The van der Waals surface area contributed by atoms with Crippen LogP contribution in [0.2, 0.25) is 0 Å². The van der Waals surface area contributed by atoms with Gasteiger partial charge >= 0.3 is 0 Å². The maximum Gasteiger partial charge on any atom is 0.123 e. The highest BCUT2D eigenvalue weighted by molar-refractivity contribution is 9.10. The Morgan fingerprint density at radius 1 is 1.53 bits per heavy atom. The summed E-state index contributed by atoms with van der Waals surface area (Å²) in [5, 5.41) is 0. The standard InChI is InChI=1S/C10H13BrN4/c1-6(2)15-8-3-9(11)13-5-7(8)14-10(15)4-12/h3,5-6H,4,12H2,1-2H3. The first-order chi connectivity index (χ1) is 7.13. The van der Waals surface area contributed by atoms with Crippen molar-refractivity contribution in [2.75, 3.05) is 0 Å². The SMILES string of the molecule is CC(C)n1c(CN)nc2cnc(Br)cc21. The summed E-state index contributed by atoms with van der Waals surface area (Å²) in [5.41, 5.74) is 7.65. The van der Waals surface area contributed by atoms with E-state index in [1.165, 1.54) is 0 Å². The summed E-state index contributed by atoms with van der Waals surface area (Å²) in [6, 6.07) is 2.32. The van der Waals surface area contributed by atoms with Gasteiger partial charge in [0.05, 0.1) is 18.3 Å². The van der Waals surface area contributed by atoms with Crippen molar-refractivity contribution < 1.29 is 0 Å². The Morgan fingerprint density at radius 2 is 2.27 bits per heavy atom. The first-order valence-corrected chi connectivity index (χ1v) is 5.65. The molecule has 0 radical (unpaired) electrons. The minimum Gasteiger partial charge on any atom is -0.324 e. The molecule has 0 aromatic carbocycles. The quantitative estimate of drug-likeness (QED) is 0.850. The van der Waals surface area contributed by atoms with Gasteiger partial charge in [-0.05, 0) is 35.8 Å².